The van der Waals surface area contributed by atoms with Crippen LogP contribution in [-0.4, -0.2) is 34.5 Å². The molecule has 5 heteroatoms. The molecule has 2 heterocycles. The number of aromatic nitrogens is 2. The van der Waals surface area contributed by atoms with Gasteiger partial charge in [0.05, 0.1) is 0 Å². The second kappa shape index (κ2) is 7.60. The van der Waals surface area contributed by atoms with Gasteiger partial charge < -0.3 is 14.5 Å². The van der Waals surface area contributed by atoms with Crippen LogP contribution in [0.1, 0.15) is 36.5 Å². The molecule has 136 valence electrons. The summed E-state index contributed by atoms with van der Waals surface area (Å²) in [4.78, 5) is 29.6. The Morgan fingerprint density at radius 2 is 2.00 bits per heavy atom. The Morgan fingerprint density at radius 1 is 1.19 bits per heavy atom. The van der Waals surface area contributed by atoms with Gasteiger partial charge in [-0.05, 0) is 30.2 Å². The number of rotatable bonds is 6. The van der Waals surface area contributed by atoms with Gasteiger partial charge in [0.1, 0.15) is 5.52 Å². The van der Waals surface area contributed by atoms with Crippen LogP contribution in [0, 0.1) is 0 Å². The van der Waals surface area contributed by atoms with E-state index in [-0.39, 0.29) is 11.5 Å². The summed E-state index contributed by atoms with van der Waals surface area (Å²) >= 11 is 0. The first-order valence-corrected chi connectivity index (χ1v) is 9.05. The van der Waals surface area contributed by atoms with Gasteiger partial charge in [-0.2, -0.15) is 0 Å². The molecule has 0 aliphatic heterocycles. The molecule has 0 spiro atoms. The molecule has 1 aromatic carbocycles. The van der Waals surface area contributed by atoms with Gasteiger partial charge in [0.2, 0.25) is 0 Å². The first-order chi connectivity index (χ1) is 12.5. The summed E-state index contributed by atoms with van der Waals surface area (Å²) in [5.41, 5.74) is 3.16. The van der Waals surface area contributed by atoms with Crippen molar-refractivity contribution in [1.29, 1.82) is 0 Å². The van der Waals surface area contributed by atoms with Crippen molar-refractivity contribution in [3.05, 3.63) is 58.6 Å². The Kier molecular flexibility index (Phi) is 5.26. The molecule has 0 aliphatic rings. The van der Waals surface area contributed by atoms with Crippen molar-refractivity contribution in [3.63, 3.8) is 0 Å². The number of aryl methyl sites for hydroxylation is 1. The maximum atomic E-state index is 12.7. The van der Waals surface area contributed by atoms with Gasteiger partial charge in [-0.1, -0.05) is 31.9 Å². The first kappa shape index (κ1) is 18.0. The second-order valence-corrected chi connectivity index (χ2v) is 6.80. The SMILES string of the molecule is CCCCCn1cc(-c2cccc(C(=O)N(C)C)c2)c2cc[nH]c2c1=O. The lowest BCUT2D eigenvalue weighted by molar-refractivity contribution is 0.0827. The zero-order chi connectivity index (χ0) is 18.7. The summed E-state index contributed by atoms with van der Waals surface area (Å²) in [5.74, 6) is -0.0339. The molecule has 0 fully saturated rings. The number of aromatic amines is 1. The number of carbonyl (C=O) groups excluding carboxylic acids is 1. The van der Waals surface area contributed by atoms with E-state index in [0.717, 1.165) is 35.8 Å². The maximum Gasteiger partial charge on any atom is 0.274 e. The number of H-pyrrole nitrogens is 1. The first-order valence-electron chi connectivity index (χ1n) is 9.05. The highest BCUT2D eigenvalue weighted by Crippen LogP contribution is 2.27. The van der Waals surface area contributed by atoms with E-state index in [1.54, 1.807) is 29.8 Å². The quantitative estimate of drug-likeness (QED) is 0.685. The number of hydrogen-bond acceptors (Lipinski definition) is 2. The van der Waals surface area contributed by atoms with Crippen LogP contribution >= 0.6 is 0 Å². The third-order valence-electron chi connectivity index (χ3n) is 4.63. The van der Waals surface area contributed by atoms with Crippen molar-refractivity contribution in [1.82, 2.24) is 14.5 Å². The maximum absolute atomic E-state index is 12.7. The van der Waals surface area contributed by atoms with Crippen LogP contribution in [0.3, 0.4) is 0 Å². The lowest BCUT2D eigenvalue weighted by Gasteiger charge is -2.13. The van der Waals surface area contributed by atoms with E-state index in [0.29, 0.717) is 17.6 Å². The fourth-order valence-electron chi connectivity index (χ4n) is 3.20. The molecule has 1 N–H and O–H groups in total. The molecule has 0 bridgehead atoms. The standard InChI is InChI=1S/C21H25N3O2/c1-4-5-6-12-24-14-18(17-10-11-22-19(17)21(24)26)15-8-7-9-16(13-15)20(25)23(2)3/h7-11,13-14,22H,4-6,12H2,1-3H3. The van der Waals surface area contributed by atoms with Crippen molar-refractivity contribution in [3.8, 4) is 11.1 Å². The minimum absolute atomic E-state index is 0.00498. The number of hydrogen-bond donors (Lipinski definition) is 1. The fourth-order valence-corrected chi connectivity index (χ4v) is 3.20. The van der Waals surface area contributed by atoms with Crippen LogP contribution in [-0.2, 0) is 6.54 Å². The Bertz CT molecular complexity index is 982. The van der Waals surface area contributed by atoms with Crippen molar-refractivity contribution < 1.29 is 4.79 Å². The third kappa shape index (κ3) is 3.43. The number of carbonyl (C=O) groups is 1. The smallest absolute Gasteiger partial charge is 0.274 e. The zero-order valence-corrected chi connectivity index (χ0v) is 15.6. The van der Waals surface area contributed by atoms with Crippen molar-refractivity contribution >= 4 is 16.8 Å². The van der Waals surface area contributed by atoms with Crippen LogP contribution < -0.4 is 5.56 Å². The molecule has 3 rings (SSSR count). The van der Waals surface area contributed by atoms with Gasteiger partial charge in [0.15, 0.2) is 0 Å². The van der Waals surface area contributed by atoms with Crippen LogP contribution in [0.4, 0.5) is 0 Å². The molecular formula is C21H25N3O2. The summed E-state index contributed by atoms with van der Waals surface area (Å²) in [5, 5.41) is 0.885. The number of pyridine rings is 1. The van der Waals surface area contributed by atoms with E-state index < -0.39 is 0 Å². The number of nitrogens with zero attached hydrogens (tertiary/aromatic N) is 2. The molecule has 2 aromatic heterocycles. The molecular weight excluding hydrogens is 326 g/mol. The molecule has 5 nitrogen and oxygen atoms in total. The van der Waals surface area contributed by atoms with E-state index in [4.69, 9.17) is 0 Å². The third-order valence-corrected chi connectivity index (χ3v) is 4.63. The van der Waals surface area contributed by atoms with Gasteiger partial charge in [0.25, 0.3) is 11.5 Å². The number of amides is 1. The van der Waals surface area contributed by atoms with Gasteiger partial charge in [-0.25, -0.2) is 0 Å². The number of unbranched alkanes of at least 4 members (excludes halogenated alkanes) is 2. The van der Waals surface area contributed by atoms with Gasteiger partial charge in [-0.3, -0.25) is 9.59 Å². The molecule has 0 radical (unpaired) electrons. The zero-order valence-electron chi connectivity index (χ0n) is 15.6. The lowest BCUT2D eigenvalue weighted by atomic mass is 10.0. The monoisotopic (exact) mass is 351 g/mol. The summed E-state index contributed by atoms with van der Waals surface area (Å²) < 4.78 is 1.78. The summed E-state index contributed by atoms with van der Waals surface area (Å²) in [6.07, 6.45) is 6.90. The van der Waals surface area contributed by atoms with E-state index >= 15 is 0 Å². The summed E-state index contributed by atoms with van der Waals surface area (Å²) in [6.45, 7) is 2.85. The van der Waals surface area contributed by atoms with Crippen LogP contribution in [0.5, 0.6) is 0 Å². The predicted octanol–water partition coefficient (Wildman–Crippen LogP) is 3.89. The Labute approximate surface area is 153 Å². The molecule has 26 heavy (non-hydrogen) atoms. The van der Waals surface area contributed by atoms with Crippen LogP contribution in [0.2, 0.25) is 0 Å². The highest BCUT2D eigenvalue weighted by atomic mass is 16.2. The van der Waals surface area contributed by atoms with Crippen molar-refractivity contribution in [2.24, 2.45) is 0 Å². The van der Waals surface area contributed by atoms with E-state index in [1.165, 1.54) is 0 Å². The van der Waals surface area contributed by atoms with Gasteiger partial charge in [-0.15, -0.1) is 0 Å². The second-order valence-electron chi connectivity index (χ2n) is 6.80. The number of nitrogens with one attached hydrogen (secondary N) is 1. The minimum Gasteiger partial charge on any atom is -0.357 e. The highest BCUT2D eigenvalue weighted by molar-refractivity contribution is 5.98. The van der Waals surface area contributed by atoms with Gasteiger partial charge >= 0.3 is 0 Å². The molecule has 0 aliphatic carbocycles. The molecule has 0 saturated heterocycles. The van der Waals surface area contributed by atoms with Crippen LogP contribution in [0.25, 0.3) is 22.0 Å². The van der Waals surface area contributed by atoms with E-state index in [1.807, 2.05) is 36.5 Å². The largest absolute Gasteiger partial charge is 0.357 e. The summed E-state index contributed by atoms with van der Waals surface area (Å²) in [6, 6.07) is 9.50. The summed E-state index contributed by atoms with van der Waals surface area (Å²) in [7, 11) is 3.49. The molecule has 3 aromatic rings. The van der Waals surface area contributed by atoms with Crippen molar-refractivity contribution in [2.45, 2.75) is 32.7 Å². The predicted molar refractivity (Wildman–Crippen MR) is 106 cm³/mol. The van der Waals surface area contributed by atoms with E-state index in [9.17, 15) is 9.59 Å². The molecule has 0 saturated carbocycles. The number of fused-ring (bicyclic) bond motifs is 1. The molecule has 0 unspecified atom stereocenters. The average Bonchev–Trinajstić information content (AvgIpc) is 3.13. The molecule has 1 amide bonds. The van der Waals surface area contributed by atoms with E-state index in [2.05, 4.69) is 11.9 Å². The van der Waals surface area contributed by atoms with Crippen molar-refractivity contribution in [2.75, 3.05) is 14.1 Å². The van der Waals surface area contributed by atoms with Gasteiger partial charge in [0, 0.05) is 49.5 Å². The van der Waals surface area contributed by atoms with Crippen LogP contribution in [0.15, 0.2) is 47.5 Å². The lowest BCUT2D eigenvalue weighted by Crippen LogP contribution is -2.22. The number of benzene rings is 1. The fraction of sp³-hybridized carbons (Fsp3) is 0.333. The topological polar surface area (TPSA) is 58.1 Å². The Morgan fingerprint density at radius 3 is 2.73 bits per heavy atom. The minimum atomic E-state index is -0.0339. The highest BCUT2D eigenvalue weighted by Gasteiger charge is 2.14. The normalized spacial score (nSPS) is 11.0. The molecule has 0 atom stereocenters. The average molecular weight is 351 g/mol. The Balaban J connectivity index is 2.11. The Hall–Kier alpha value is -2.82.